The minimum absolute atomic E-state index is 0.0587. The molecule has 2 N–H and O–H groups in total. The van der Waals surface area contributed by atoms with Gasteiger partial charge in [0, 0.05) is 24.7 Å². The lowest BCUT2D eigenvalue weighted by Gasteiger charge is -2.13. The molecule has 3 aromatic rings. The van der Waals surface area contributed by atoms with Gasteiger partial charge in [-0.3, -0.25) is 14.6 Å². The third kappa shape index (κ3) is 5.83. The van der Waals surface area contributed by atoms with E-state index in [0.29, 0.717) is 17.7 Å². The predicted molar refractivity (Wildman–Crippen MR) is 117 cm³/mol. The zero-order chi connectivity index (χ0) is 22.4. The number of ketones is 1. The molecule has 1 aromatic heterocycles. The van der Waals surface area contributed by atoms with E-state index in [1.807, 2.05) is 44.2 Å². The van der Waals surface area contributed by atoms with Gasteiger partial charge in [0.05, 0.1) is 18.7 Å². The number of aromatic nitrogens is 1. The molecule has 31 heavy (non-hydrogen) atoms. The van der Waals surface area contributed by atoms with Crippen LogP contribution in [0.1, 0.15) is 40.9 Å². The minimum atomic E-state index is -0.504. The van der Waals surface area contributed by atoms with Gasteiger partial charge in [-0.1, -0.05) is 36.4 Å². The highest BCUT2D eigenvalue weighted by Gasteiger charge is 2.14. The largest absolute Gasteiger partial charge is 0.463 e. The van der Waals surface area contributed by atoms with Crippen LogP contribution in [0.5, 0.6) is 0 Å². The number of nitrogens with zero attached hydrogens (tertiary/aromatic N) is 1. The van der Waals surface area contributed by atoms with Crippen LogP contribution in [0.15, 0.2) is 60.9 Å². The number of pyridine rings is 1. The Balaban J connectivity index is 1.89. The molecule has 2 aromatic carbocycles. The van der Waals surface area contributed by atoms with Crippen molar-refractivity contribution in [3.8, 4) is 11.1 Å². The Morgan fingerprint density at radius 3 is 2.58 bits per heavy atom. The van der Waals surface area contributed by atoms with Crippen molar-refractivity contribution in [1.82, 2.24) is 4.98 Å². The fourth-order valence-corrected chi connectivity index (χ4v) is 3.34. The normalized spacial score (nSPS) is 10.9. The van der Waals surface area contributed by atoms with Gasteiger partial charge in [-0.05, 0) is 53.8 Å². The second kappa shape index (κ2) is 10.1. The van der Waals surface area contributed by atoms with Crippen LogP contribution in [0, 0.1) is 5.82 Å². The van der Waals surface area contributed by atoms with E-state index in [9.17, 15) is 14.0 Å². The number of nitrogens with two attached hydrogens (primary N) is 1. The molecule has 0 saturated carbocycles. The monoisotopic (exact) mass is 420 g/mol. The highest BCUT2D eigenvalue weighted by molar-refractivity contribution is 5.98. The minimum Gasteiger partial charge on any atom is -0.463 e. The van der Waals surface area contributed by atoms with Crippen LogP contribution in [0.3, 0.4) is 0 Å². The lowest BCUT2D eigenvalue weighted by molar-refractivity contribution is -0.146. The Morgan fingerprint density at radius 1 is 1.06 bits per heavy atom. The number of rotatable bonds is 8. The van der Waals surface area contributed by atoms with Crippen molar-refractivity contribution in [2.45, 2.75) is 39.3 Å². The summed E-state index contributed by atoms with van der Waals surface area (Å²) in [5.74, 6) is -1.00. The van der Waals surface area contributed by atoms with Crippen molar-refractivity contribution in [2.24, 2.45) is 5.73 Å². The van der Waals surface area contributed by atoms with Gasteiger partial charge >= 0.3 is 5.97 Å². The van der Waals surface area contributed by atoms with E-state index in [-0.39, 0.29) is 30.7 Å². The number of hydrogen-bond donors (Lipinski definition) is 1. The molecule has 0 aliphatic carbocycles. The number of Topliss-reactive ketones (excluding diaryl/α,β-unsaturated/α-hetero) is 1. The molecule has 160 valence electrons. The van der Waals surface area contributed by atoms with Gasteiger partial charge in [0.1, 0.15) is 5.82 Å². The fraction of sp³-hybridized carbons (Fsp3) is 0.240. The number of halogens is 1. The van der Waals surface area contributed by atoms with Gasteiger partial charge in [-0.15, -0.1) is 0 Å². The number of esters is 1. The summed E-state index contributed by atoms with van der Waals surface area (Å²) >= 11 is 0. The number of ether oxygens (including phenoxy) is 1. The molecule has 1 heterocycles. The molecule has 0 atom stereocenters. The summed E-state index contributed by atoms with van der Waals surface area (Å²) in [6.45, 7) is 3.91. The zero-order valence-electron chi connectivity index (χ0n) is 17.6. The molecule has 6 heteroatoms. The summed E-state index contributed by atoms with van der Waals surface area (Å²) in [6.07, 6.45) is 2.49. The zero-order valence-corrected chi connectivity index (χ0v) is 17.6. The first-order valence-electron chi connectivity index (χ1n) is 10.1. The Morgan fingerprint density at radius 2 is 1.87 bits per heavy atom. The maximum atomic E-state index is 13.9. The van der Waals surface area contributed by atoms with E-state index in [0.717, 1.165) is 28.5 Å². The second-order valence-corrected chi connectivity index (χ2v) is 7.56. The molecule has 0 unspecified atom stereocenters. The lowest BCUT2D eigenvalue weighted by Crippen LogP contribution is -2.13. The maximum Gasteiger partial charge on any atom is 0.310 e. The average molecular weight is 420 g/mol. The summed E-state index contributed by atoms with van der Waals surface area (Å²) in [5, 5.41) is 0. The summed E-state index contributed by atoms with van der Waals surface area (Å²) < 4.78 is 19.1. The van der Waals surface area contributed by atoms with Crippen molar-refractivity contribution >= 4 is 11.8 Å². The Kier molecular flexibility index (Phi) is 7.26. The molecule has 0 amide bonds. The first-order valence-corrected chi connectivity index (χ1v) is 10.1. The standard InChI is InChI=1S/C25H25FN2O3/c1-16(2)31-25(30)11-17-4-3-5-18(10-17)22-12-20(6-7-21(22)14-27)24(29)13-19-8-9-28-15-23(19)26/h3-10,12,15-16H,11,13-14,27H2,1-2H3. The van der Waals surface area contributed by atoms with Crippen LogP contribution in [-0.2, 0) is 28.9 Å². The summed E-state index contributed by atoms with van der Waals surface area (Å²) in [5.41, 5.74) is 10.0. The van der Waals surface area contributed by atoms with Crippen LogP contribution in [0.25, 0.3) is 11.1 Å². The molecular weight excluding hydrogens is 395 g/mol. The van der Waals surface area contributed by atoms with E-state index in [4.69, 9.17) is 10.5 Å². The summed E-state index contributed by atoms with van der Waals surface area (Å²) in [4.78, 5) is 28.5. The fourth-order valence-electron chi connectivity index (χ4n) is 3.34. The first-order chi connectivity index (χ1) is 14.9. The third-order valence-corrected chi connectivity index (χ3v) is 4.81. The molecule has 0 saturated heterocycles. The second-order valence-electron chi connectivity index (χ2n) is 7.56. The van der Waals surface area contributed by atoms with Gasteiger partial charge in [-0.25, -0.2) is 4.39 Å². The molecule has 0 fully saturated rings. The number of benzene rings is 2. The average Bonchev–Trinajstić information content (AvgIpc) is 2.74. The van der Waals surface area contributed by atoms with E-state index >= 15 is 0 Å². The summed E-state index contributed by atoms with van der Waals surface area (Å²) in [6, 6.07) is 14.3. The van der Waals surface area contributed by atoms with Gasteiger partial charge in [0.2, 0.25) is 0 Å². The molecule has 0 aliphatic rings. The Bertz CT molecular complexity index is 1100. The van der Waals surface area contributed by atoms with Crippen LogP contribution < -0.4 is 5.73 Å². The van der Waals surface area contributed by atoms with E-state index in [1.165, 1.54) is 12.3 Å². The molecule has 0 aliphatic heterocycles. The molecular formula is C25H25FN2O3. The van der Waals surface area contributed by atoms with Crippen molar-refractivity contribution in [3.05, 3.63) is 89.0 Å². The SMILES string of the molecule is CC(C)OC(=O)Cc1cccc(-c2cc(C(=O)Cc3ccncc3F)ccc2CN)c1. The molecule has 5 nitrogen and oxygen atoms in total. The van der Waals surface area contributed by atoms with Gasteiger partial charge in [0.15, 0.2) is 5.78 Å². The number of hydrogen-bond acceptors (Lipinski definition) is 5. The quantitative estimate of drug-likeness (QED) is 0.435. The van der Waals surface area contributed by atoms with Crippen LogP contribution in [0.2, 0.25) is 0 Å². The van der Waals surface area contributed by atoms with Gasteiger partial charge < -0.3 is 10.5 Å². The Labute approximate surface area is 181 Å². The van der Waals surface area contributed by atoms with Crippen LogP contribution >= 0.6 is 0 Å². The predicted octanol–water partition coefficient (Wildman–Crippen LogP) is 4.27. The molecule has 0 spiro atoms. The first kappa shape index (κ1) is 22.3. The molecule has 0 bridgehead atoms. The van der Waals surface area contributed by atoms with Crippen molar-refractivity contribution in [2.75, 3.05) is 0 Å². The maximum absolute atomic E-state index is 13.9. The topological polar surface area (TPSA) is 82.3 Å². The number of carbonyl (C=O) groups excluding carboxylic acids is 2. The lowest BCUT2D eigenvalue weighted by atomic mass is 9.93. The van der Waals surface area contributed by atoms with E-state index in [2.05, 4.69) is 4.98 Å². The van der Waals surface area contributed by atoms with E-state index in [1.54, 1.807) is 12.1 Å². The van der Waals surface area contributed by atoms with Crippen LogP contribution in [0.4, 0.5) is 4.39 Å². The van der Waals surface area contributed by atoms with Crippen molar-refractivity contribution in [3.63, 3.8) is 0 Å². The summed E-state index contributed by atoms with van der Waals surface area (Å²) in [7, 11) is 0. The van der Waals surface area contributed by atoms with Crippen LogP contribution in [-0.4, -0.2) is 22.8 Å². The van der Waals surface area contributed by atoms with Gasteiger partial charge in [-0.2, -0.15) is 0 Å². The van der Waals surface area contributed by atoms with Gasteiger partial charge in [0.25, 0.3) is 0 Å². The number of carbonyl (C=O) groups is 2. The van der Waals surface area contributed by atoms with E-state index < -0.39 is 5.82 Å². The smallest absolute Gasteiger partial charge is 0.310 e. The molecule has 0 radical (unpaired) electrons. The third-order valence-electron chi connectivity index (χ3n) is 4.81. The Hall–Kier alpha value is -3.38. The van der Waals surface area contributed by atoms with Crippen molar-refractivity contribution in [1.29, 1.82) is 0 Å². The highest BCUT2D eigenvalue weighted by atomic mass is 19.1. The highest BCUT2D eigenvalue weighted by Crippen LogP contribution is 2.27. The van der Waals surface area contributed by atoms with Crippen molar-refractivity contribution < 1.29 is 18.7 Å². The molecule has 3 rings (SSSR count).